The minimum Gasteiger partial charge on any atom is -0.497 e. The number of ether oxygens (including phenoxy) is 1. The van der Waals surface area contributed by atoms with Crippen molar-refractivity contribution in [1.29, 1.82) is 0 Å². The normalized spacial score (nSPS) is 10.7. The molecule has 0 saturated heterocycles. The number of hydrogen-bond donors (Lipinski definition) is 3. The minimum atomic E-state index is -0.186. The van der Waals surface area contributed by atoms with Gasteiger partial charge in [-0.15, -0.1) is 24.0 Å². The van der Waals surface area contributed by atoms with Gasteiger partial charge in [0.2, 0.25) is 0 Å². The number of benzene rings is 1. The Hall–Kier alpha value is -2.23. The van der Waals surface area contributed by atoms with E-state index >= 15 is 0 Å². The lowest BCUT2D eigenvalue weighted by atomic mass is 10.2. The van der Waals surface area contributed by atoms with Gasteiger partial charge >= 0.3 is 0 Å². The zero-order chi connectivity index (χ0) is 18.8. The first kappa shape index (κ1) is 22.8. The summed E-state index contributed by atoms with van der Waals surface area (Å²) in [5, 5.41) is 9.31. The third-order valence-electron chi connectivity index (χ3n) is 3.84. The van der Waals surface area contributed by atoms with Crippen molar-refractivity contribution in [3.05, 3.63) is 53.5 Å². The summed E-state index contributed by atoms with van der Waals surface area (Å²) < 4.78 is 10.3. The summed E-state index contributed by atoms with van der Waals surface area (Å²) in [6.07, 6.45) is 2.29. The Bertz CT molecular complexity index is 729. The molecule has 3 N–H and O–H groups in total. The van der Waals surface area contributed by atoms with Gasteiger partial charge in [0.05, 0.1) is 13.4 Å². The topological polar surface area (TPSA) is 87.9 Å². The average Bonchev–Trinajstić information content (AvgIpc) is 3.10. The van der Waals surface area contributed by atoms with E-state index in [-0.39, 0.29) is 29.9 Å². The SMILES string of the molecule is CN=C(NCCCNC(=O)c1occc1C)NCc1ccc(OC)cc1.I. The van der Waals surface area contributed by atoms with Crippen LogP contribution < -0.4 is 20.7 Å². The smallest absolute Gasteiger partial charge is 0.287 e. The molecule has 1 amide bonds. The third-order valence-corrected chi connectivity index (χ3v) is 3.84. The molecule has 1 heterocycles. The molecule has 27 heavy (non-hydrogen) atoms. The number of nitrogens with one attached hydrogen (secondary N) is 3. The lowest BCUT2D eigenvalue weighted by Gasteiger charge is -2.12. The molecule has 0 saturated carbocycles. The summed E-state index contributed by atoms with van der Waals surface area (Å²) in [4.78, 5) is 16.1. The van der Waals surface area contributed by atoms with Gasteiger partial charge in [-0.25, -0.2) is 0 Å². The number of aryl methyl sites for hydroxylation is 1. The maximum atomic E-state index is 11.9. The van der Waals surface area contributed by atoms with Crippen LogP contribution in [0.1, 0.15) is 28.1 Å². The van der Waals surface area contributed by atoms with Crippen molar-refractivity contribution in [2.45, 2.75) is 19.9 Å². The molecule has 7 nitrogen and oxygen atoms in total. The quantitative estimate of drug-likeness (QED) is 0.231. The Balaban J connectivity index is 0.00000364. The summed E-state index contributed by atoms with van der Waals surface area (Å²) in [5.41, 5.74) is 1.97. The van der Waals surface area contributed by atoms with Gasteiger partial charge in [-0.05, 0) is 37.1 Å². The number of carbonyl (C=O) groups is 1. The highest BCUT2D eigenvalue weighted by Crippen LogP contribution is 2.11. The highest BCUT2D eigenvalue weighted by Gasteiger charge is 2.11. The van der Waals surface area contributed by atoms with Gasteiger partial charge in [0.25, 0.3) is 5.91 Å². The summed E-state index contributed by atoms with van der Waals surface area (Å²) in [6.45, 7) is 3.76. The van der Waals surface area contributed by atoms with E-state index in [0.717, 1.165) is 23.3 Å². The van der Waals surface area contributed by atoms with Crippen LogP contribution >= 0.6 is 24.0 Å². The number of amides is 1. The average molecular weight is 486 g/mol. The molecule has 1 aromatic heterocycles. The van der Waals surface area contributed by atoms with Crippen LogP contribution in [0.15, 0.2) is 46.0 Å². The number of nitrogens with zero attached hydrogens (tertiary/aromatic N) is 1. The predicted octanol–water partition coefficient (Wildman–Crippen LogP) is 2.70. The fourth-order valence-electron chi connectivity index (χ4n) is 2.33. The van der Waals surface area contributed by atoms with Crippen LogP contribution in [0.3, 0.4) is 0 Å². The Morgan fingerprint density at radius 3 is 2.41 bits per heavy atom. The second-order valence-electron chi connectivity index (χ2n) is 5.74. The van der Waals surface area contributed by atoms with E-state index in [4.69, 9.17) is 9.15 Å². The molecule has 0 fully saturated rings. The van der Waals surface area contributed by atoms with E-state index in [1.807, 2.05) is 31.2 Å². The molecule has 0 unspecified atom stereocenters. The largest absolute Gasteiger partial charge is 0.497 e. The molecular formula is C19H27IN4O3. The number of halogens is 1. The van der Waals surface area contributed by atoms with Crippen molar-refractivity contribution in [3.8, 4) is 5.75 Å². The molecule has 2 aromatic rings. The Morgan fingerprint density at radius 2 is 1.81 bits per heavy atom. The van der Waals surface area contributed by atoms with Gasteiger partial charge in [-0.2, -0.15) is 0 Å². The third kappa shape index (κ3) is 7.49. The van der Waals surface area contributed by atoms with E-state index < -0.39 is 0 Å². The molecule has 0 bridgehead atoms. The predicted molar refractivity (Wildman–Crippen MR) is 117 cm³/mol. The molecule has 0 aliphatic rings. The maximum absolute atomic E-state index is 11.9. The first-order chi connectivity index (χ1) is 12.6. The highest BCUT2D eigenvalue weighted by molar-refractivity contribution is 14.0. The molecule has 148 valence electrons. The van der Waals surface area contributed by atoms with Gasteiger partial charge in [-0.1, -0.05) is 12.1 Å². The standard InChI is InChI=1S/C19H26N4O3.HI/c1-14-9-12-26-17(14)18(24)21-10-4-11-22-19(20-2)23-13-15-5-7-16(25-3)8-6-15;/h5-9,12H,4,10-11,13H2,1-3H3,(H,21,24)(H2,20,22,23);1H. The van der Waals surface area contributed by atoms with Crippen LogP contribution in [0.5, 0.6) is 5.75 Å². The van der Waals surface area contributed by atoms with Crippen molar-refractivity contribution < 1.29 is 13.9 Å². The van der Waals surface area contributed by atoms with Crippen LogP contribution in [0.2, 0.25) is 0 Å². The number of aliphatic imine (C=N–C) groups is 1. The molecule has 2 rings (SSSR count). The van der Waals surface area contributed by atoms with Crippen LogP contribution in [0, 0.1) is 6.92 Å². The number of furan rings is 1. The van der Waals surface area contributed by atoms with Crippen molar-refractivity contribution >= 4 is 35.8 Å². The number of guanidine groups is 1. The zero-order valence-corrected chi connectivity index (χ0v) is 18.2. The molecule has 1 aromatic carbocycles. The Kier molecular flexibility index (Phi) is 10.3. The van der Waals surface area contributed by atoms with Crippen molar-refractivity contribution in [2.24, 2.45) is 4.99 Å². The highest BCUT2D eigenvalue weighted by atomic mass is 127. The molecular weight excluding hydrogens is 459 g/mol. The van der Waals surface area contributed by atoms with Gasteiger partial charge < -0.3 is 25.1 Å². The number of methoxy groups -OCH3 is 1. The molecule has 0 aliphatic heterocycles. The van der Waals surface area contributed by atoms with Crippen LogP contribution in [0.25, 0.3) is 0 Å². The van der Waals surface area contributed by atoms with E-state index in [2.05, 4.69) is 20.9 Å². The first-order valence-electron chi connectivity index (χ1n) is 8.53. The maximum Gasteiger partial charge on any atom is 0.287 e. The summed E-state index contributed by atoms with van der Waals surface area (Å²) in [5.74, 6) is 1.74. The minimum absolute atomic E-state index is 0. The number of hydrogen-bond acceptors (Lipinski definition) is 4. The van der Waals surface area contributed by atoms with E-state index in [1.54, 1.807) is 20.2 Å². The zero-order valence-electron chi connectivity index (χ0n) is 15.9. The fourth-order valence-corrected chi connectivity index (χ4v) is 2.33. The Morgan fingerprint density at radius 1 is 1.11 bits per heavy atom. The van der Waals surface area contributed by atoms with Gasteiger partial charge in [0, 0.05) is 32.2 Å². The van der Waals surface area contributed by atoms with E-state index in [9.17, 15) is 4.79 Å². The number of carbonyl (C=O) groups excluding carboxylic acids is 1. The van der Waals surface area contributed by atoms with E-state index in [0.29, 0.717) is 31.4 Å². The van der Waals surface area contributed by atoms with Crippen molar-refractivity contribution in [1.82, 2.24) is 16.0 Å². The second-order valence-corrected chi connectivity index (χ2v) is 5.74. The Labute approximate surface area is 177 Å². The second kappa shape index (κ2) is 12.2. The summed E-state index contributed by atoms with van der Waals surface area (Å²) in [6, 6.07) is 9.64. The van der Waals surface area contributed by atoms with Crippen LogP contribution in [-0.4, -0.2) is 39.1 Å². The van der Waals surface area contributed by atoms with E-state index in [1.165, 1.54) is 6.26 Å². The van der Waals surface area contributed by atoms with Gasteiger partial charge in [0.1, 0.15) is 5.75 Å². The van der Waals surface area contributed by atoms with Crippen LogP contribution in [-0.2, 0) is 6.54 Å². The van der Waals surface area contributed by atoms with Crippen molar-refractivity contribution in [3.63, 3.8) is 0 Å². The lowest BCUT2D eigenvalue weighted by molar-refractivity contribution is 0.0925. The van der Waals surface area contributed by atoms with Gasteiger partial charge in [-0.3, -0.25) is 9.79 Å². The summed E-state index contributed by atoms with van der Waals surface area (Å²) in [7, 11) is 3.38. The number of rotatable bonds is 8. The molecule has 0 atom stereocenters. The fraction of sp³-hybridized carbons (Fsp3) is 0.368. The molecule has 8 heteroatoms. The molecule has 0 radical (unpaired) electrons. The van der Waals surface area contributed by atoms with Crippen molar-refractivity contribution in [2.75, 3.05) is 27.2 Å². The molecule has 0 spiro atoms. The van der Waals surface area contributed by atoms with Crippen LogP contribution in [0.4, 0.5) is 0 Å². The summed E-state index contributed by atoms with van der Waals surface area (Å²) >= 11 is 0. The van der Waals surface area contributed by atoms with Gasteiger partial charge in [0.15, 0.2) is 11.7 Å². The lowest BCUT2D eigenvalue weighted by Crippen LogP contribution is -2.38. The first-order valence-corrected chi connectivity index (χ1v) is 8.53. The monoisotopic (exact) mass is 486 g/mol. The molecule has 0 aliphatic carbocycles.